The fraction of sp³-hybridized carbons (Fsp3) is 0.389. The van der Waals surface area contributed by atoms with E-state index >= 15 is 0 Å². The lowest BCUT2D eigenvalue weighted by atomic mass is 9.99. The van der Waals surface area contributed by atoms with Crippen molar-refractivity contribution in [1.82, 2.24) is 15.2 Å². The summed E-state index contributed by atoms with van der Waals surface area (Å²) < 4.78 is 13.2. The predicted molar refractivity (Wildman–Crippen MR) is 86.1 cm³/mol. The topological polar surface area (TPSA) is 28.2 Å². The van der Waals surface area contributed by atoms with Crippen LogP contribution in [0.5, 0.6) is 0 Å². The molecule has 0 bridgehead atoms. The molecule has 1 saturated heterocycles. The highest BCUT2D eigenvalue weighted by Gasteiger charge is 2.22. The summed E-state index contributed by atoms with van der Waals surface area (Å²) >= 11 is 0. The van der Waals surface area contributed by atoms with Gasteiger partial charge in [0.25, 0.3) is 0 Å². The summed E-state index contributed by atoms with van der Waals surface area (Å²) in [5.74, 6) is -0.183. The van der Waals surface area contributed by atoms with E-state index in [-0.39, 0.29) is 11.9 Å². The second kappa shape index (κ2) is 7.47. The number of halogens is 1. The largest absolute Gasteiger partial charge is 0.315 e. The van der Waals surface area contributed by atoms with Gasteiger partial charge in [-0.1, -0.05) is 18.2 Å². The number of benzene rings is 1. The van der Waals surface area contributed by atoms with Gasteiger partial charge in [-0.2, -0.15) is 0 Å². The van der Waals surface area contributed by atoms with Crippen LogP contribution in [-0.4, -0.2) is 36.1 Å². The van der Waals surface area contributed by atoms with E-state index in [1.165, 1.54) is 0 Å². The first-order valence-corrected chi connectivity index (χ1v) is 7.93. The smallest absolute Gasteiger partial charge is 0.123 e. The third-order valence-corrected chi connectivity index (χ3v) is 4.20. The van der Waals surface area contributed by atoms with Crippen LogP contribution in [0.15, 0.2) is 48.7 Å². The van der Waals surface area contributed by atoms with E-state index in [0.29, 0.717) is 0 Å². The molecule has 1 aromatic heterocycles. The van der Waals surface area contributed by atoms with Crippen LogP contribution in [0.25, 0.3) is 0 Å². The van der Waals surface area contributed by atoms with Crippen molar-refractivity contribution in [2.24, 2.45) is 0 Å². The number of hydrogen-bond donors (Lipinski definition) is 1. The Morgan fingerprint density at radius 3 is 2.73 bits per heavy atom. The van der Waals surface area contributed by atoms with Crippen LogP contribution in [0.3, 0.4) is 0 Å². The lowest BCUT2D eigenvalue weighted by Gasteiger charge is -2.30. The zero-order chi connectivity index (χ0) is 15.2. The molecule has 0 saturated carbocycles. The number of nitrogens with zero attached hydrogens (tertiary/aromatic N) is 2. The normalized spacial score (nSPS) is 17.9. The molecular formula is C18H22FN3. The summed E-state index contributed by atoms with van der Waals surface area (Å²) in [5, 5.41) is 3.44. The van der Waals surface area contributed by atoms with Crippen molar-refractivity contribution >= 4 is 0 Å². The van der Waals surface area contributed by atoms with E-state index in [0.717, 1.165) is 50.3 Å². The van der Waals surface area contributed by atoms with Crippen molar-refractivity contribution in [3.63, 3.8) is 0 Å². The zero-order valence-electron chi connectivity index (χ0n) is 12.7. The Bertz CT molecular complexity index is 563. The molecule has 22 heavy (non-hydrogen) atoms. The maximum absolute atomic E-state index is 13.2. The second-order valence-corrected chi connectivity index (χ2v) is 5.73. The Balaban J connectivity index is 1.85. The fourth-order valence-electron chi connectivity index (χ4n) is 3.04. The van der Waals surface area contributed by atoms with Gasteiger partial charge in [0.15, 0.2) is 0 Å². The van der Waals surface area contributed by atoms with E-state index in [1.807, 2.05) is 30.5 Å². The summed E-state index contributed by atoms with van der Waals surface area (Å²) in [5.41, 5.74) is 2.24. The standard InChI is InChI=1S/C18H22FN3/c19-16-7-5-15(6-8-16)18(14-17-4-1-2-10-21-17)22-12-3-9-20-11-13-22/h1-2,4-8,10,18,20H,3,9,11-14H2. The summed E-state index contributed by atoms with van der Waals surface area (Å²) in [4.78, 5) is 6.95. The lowest BCUT2D eigenvalue weighted by molar-refractivity contribution is 0.208. The molecule has 1 aromatic carbocycles. The molecule has 1 fully saturated rings. The monoisotopic (exact) mass is 299 g/mol. The molecule has 0 aliphatic carbocycles. The highest BCUT2D eigenvalue weighted by Crippen LogP contribution is 2.25. The molecular weight excluding hydrogens is 277 g/mol. The van der Waals surface area contributed by atoms with Crippen LogP contribution in [0, 0.1) is 5.82 Å². The Hall–Kier alpha value is -1.78. The van der Waals surface area contributed by atoms with Crippen LogP contribution < -0.4 is 5.32 Å². The lowest BCUT2D eigenvalue weighted by Crippen LogP contribution is -2.33. The molecule has 3 nitrogen and oxygen atoms in total. The van der Waals surface area contributed by atoms with Gasteiger partial charge in [-0.05, 0) is 42.8 Å². The van der Waals surface area contributed by atoms with Crippen molar-refractivity contribution in [3.05, 3.63) is 65.7 Å². The van der Waals surface area contributed by atoms with Gasteiger partial charge in [-0.3, -0.25) is 9.88 Å². The van der Waals surface area contributed by atoms with Gasteiger partial charge in [0.05, 0.1) is 0 Å². The number of nitrogens with one attached hydrogen (secondary N) is 1. The zero-order valence-corrected chi connectivity index (χ0v) is 12.7. The number of aromatic nitrogens is 1. The minimum absolute atomic E-state index is 0.183. The van der Waals surface area contributed by atoms with Crippen molar-refractivity contribution in [2.45, 2.75) is 18.9 Å². The van der Waals surface area contributed by atoms with Gasteiger partial charge in [0.2, 0.25) is 0 Å². The van der Waals surface area contributed by atoms with Crippen molar-refractivity contribution in [1.29, 1.82) is 0 Å². The highest BCUT2D eigenvalue weighted by atomic mass is 19.1. The molecule has 1 atom stereocenters. The number of hydrogen-bond acceptors (Lipinski definition) is 3. The summed E-state index contributed by atoms with van der Waals surface area (Å²) in [6.07, 6.45) is 3.83. The average Bonchev–Trinajstić information content (AvgIpc) is 2.84. The Morgan fingerprint density at radius 2 is 1.95 bits per heavy atom. The molecule has 0 spiro atoms. The Labute approximate surface area is 131 Å². The van der Waals surface area contributed by atoms with Crippen LogP contribution in [-0.2, 0) is 6.42 Å². The van der Waals surface area contributed by atoms with Gasteiger partial charge in [-0.15, -0.1) is 0 Å². The van der Waals surface area contributed by atoms with Gasteiger partial charge >= 0.3 is 0 Å². The molecule has 1 aliphatic heterocycles. The van der Waals surface area contributed by atoms with Crippen molar-refractivity contribution in [3.8, 4) is 0 Å². The summed E-state index contributed by atoms with van der Waals surface area (Å²) in [6.45, 7) is 4.13. The maximum Gasteiger partial charge on any atom is 0.123 e. The third-order valence-electron chi connectivity index (χ3n) is 4.20. The molecule has 1 unspecified atom stereocenters. The molecule has 116 valence electrons. The number of rotatable bonds is 4. The first-order chi connectivity index (χ1) is 10.8. The van der Waals surface area contributed by atoms with Gasteiger partial charge in [-0.25, -0.2) is 4.39 Å². The fourth-order valence-corrected chi connectivity index (χ4v) is 3.04. The van der Waals surface area contributed by atoms with E-state index in [1.54, 1.807) is 12.1 Å². The summed E-state index contributed by atoms with van der Waals surface area (Å²) in [6, 6.07) is 13.2. The SMILES string of the molecule is Fc1ccc(C(Cc2ccccn2)N2CCCNCC2)cc1. The van der Waals surface area contributed by atoms with E-state index in [4.69, 9.17) is 0 Å². The second-order valence-electron chi connectivity index (χ2n) is 5.73. The molecule has 4 heteroatoms. The molecule has 1 aliphatic rings. The van der Waals surface area contributed by atoms with Crippen LogP contribution in [0.4, 0.5) is 4.39 Å². The molecule has 2 aromatic rings. The van der Waals surface area contributed by atoms with E-state index < -0.39 is 0 Å². The third kappa shape index (κ3) is 3.90. The number of pyridine rings is 1. The van der Waals surface area contributed by atoms with Crippen LogP contribution in [0.2, 0.25) is 0 Å². The van der Waals surface area contributed by atoms with Crippen LogP contribution >= 0.6 is 0 Å². The van der Waals surface area contributed by atoms with Crippen molar-refractivity contribution < 1.29 is 4.39 Å². The first-order valence-electron chi connectivity index (χ1n) is 7.93. The molecule has 2 heterocycles. The van der Waals surface area contributed by atoms with Gasteiger partial charge < -0.3 is 5.32 Å². The Morgan fingerprint density at radius 1 is 1.09 bits per heavy atom. The molecule has 1 N–H and O–H groups in total. The van der Waals surface area contributed by atoms with E-state index in [9.17, 15) is 4.39 Å². The minimum Gasteiger partial charge on any atom is -0.315 e. The maximum atomic E-state index is 13.2. The Kier molecular flexibility index (Phi) is 5.14. The van der Waals surface area contributed by atoms with E-state index in [2.05, 4.69) is 21.3 Å². The van der Waals surface area contributed by atoms with Crippen LogP contribution in [0.1, 0.15) is 23.7 Å². The molecule has 0 radical (unpaired) electrons. The quantitative estimate of drug-likeness (QED) is 0.941. The predicted octanol–water partition coefficient (Wildman–Crippen LogP) is 2.80. The van der Waals surface area contributed by atoms with Crippen molar-refractivity contribution in [2.75, 3.05) is 26.2 Å². The van der Waals surface area contributed by atoms with Gasteiger partial charge in [0, 0.05) is 44.0 Å². The minimum atomic E-state index is -0.183. The van der Waals surface area contributed by atoms with Gasteiger partial charge in [0.1, 0.15) is 5.82 Å². The average molecular weight is 299 g/mol. The highest BCUT2D eigenvalue weighted by molar-refractivity contribution is 5.22. The molecule has 3 rings (SSSR count). The first kappa shape index (κ1) is 15.1. The molecule has 0 amide bonds. The summed E-state index contributed by atoms with van der Waals surface area (Å²) in [7, 11) is 0.